The number of phenols is 2. The number of benzene rings is 1. The molecule has 0 radical (unpaired) electrons. The molecule has 3 N–H and O–H groups in total. The van der Waals surface area contributed by atoms with Crippen LogP contribution in [0.5, 0.6) is 11.5 Å². The Morgan fingerprint density at radius 2 is 2.04 bits per heavy atom. The third-order valence-corrected chi connectivity index (χ3v) is 3.82. The molecule has 2 aromatic heterocycles. The molecule has 24 heavy (non-hydrogen) atoms. The fourth-order valence-corrected chi connectivity index (χ4v) is 2.48. The first kappa shape index (κ1) is 15.8. The number of aromatic nitrogens is 2. The zero-order chi connectivity index (χ0) is 17.1. The molecule has 0 saturated carbocycles. The van der Waals surface area contributed by atoms with E-state index in [-0.39, 0.29) is 17.3 Å². The van der Waals surface area contributed by atoms with Crippen LogP contribution in [0.25, 0.3) is 22.2 Å². The Balaban J connectivity index is 1.96. The van der Waals surface area contributed by atoms with Gasteiger partial charge in [-0.15, -0.1) is 0 Å². The van der Waals surface area contributed by atoms with Crippen LogP contribution in [0.15, 0.2) is 60.7 Å². The summed E-state index contributed by atoms with van der Waals surface area (Å²) in [5.41, 5.74) is 3.32. The Hall–Kier alpha value is -3.08. The van der Waals surface area contributed by atoms with Gasteiger partial charge in [0.1, 0.15) is 11.5 Å². The van der Waals surface area contributed by atoms with Gasteiger partial charge in [0, 0.05) is 23.3 Å². The van der Waals surface area contributed by atoms with E-state index >= 15 is 0 Å². The van der Waals surface area contributed by atoms with Gasteiger partial charge in [0.2, 0.25) is 0 Å². The highest BCUT2D eigenvalue weighted by Crippen LogP contribution is 2.31. The Labute approximate surface area is 138 Å². The smallest absolute Gasteiger partial charge is 0.158 e. The molecule has 2 heterocycles. The van der Waals surface area contributed by atoms with Crippen molar-refractivity contribution in [3.8, 4) is 22.6 Å². The van der Waals surface area contributed by atoms with Crippen LogP contribution in [0.3, 0.4) is 0 Å². The zero-order valence-corrected chi connectivity index (χ0v) is 13.1. The summed E-state index contributed by atoms with van der Waals surface area (Å²) < 4.78 is 13.1. The molecule has 0 atom stereocenters. The van der Waals surface area contributed by atoms with Gasteiger partial charge < -0.3 is 15.2 Å². The maximum Gasteiger partial charge on any atom is 0.158 e. The molecule has 0 aliphatic carbocycles. The molecule has 0 unspecified atom stereocenters. The topological polar surface area (TPSA) is 69.1 Å². The van der Waals surface area contributed by atoms with E-state index in [4.69, 9.17) is 0 Å². The van der Waals surface area contributed by atoms with Gasteiger partial charge in [-0.1, -0.05) is 18.2 Å². The lowest BCUT2D eigenvalue weighted by atomic mass is 10.0. The minimum Gasteiger partial charge on any atom is -0.504 e. The minimum atomic E-state index is -0.270. The summed E-state index contributed by atoms with van der Waals surface area (Å²) in [4.78, 5) is 7.48. The van der Waals surface area contributed by atoms with Gasteiger partial charge >= 0.3 is 0 Å². The molecule has 122 valence electrons. The fraction of sp³-hybridized carbons (Fsp3) is 0.105. The lowest BCUT2D eigenvalue weighted by molar-refractivity contribution is 0.404. The van der Waals surface area contributed by atoms with Crippen LogP contribution >= 0.6 is 0 Å². The van der Waals surface area contributed by atoms with E-state index in [1.165, 1.54) is 24.3 Å². The van der Waals surface area contributed by atoms with Crippen molar-refractivity contribution in [3.63, 3.8) is 0 Å². The van der Waals surface area contributed by atoms with Gasteiger partial charge in [0.05, 0.1) is 0 Å². The quantitative estimate of drug-likeness (QED) is 0.485. The number of phenolic OH excluding ortho intramolecular Hbond substituents is 2. The number of hydrogen-bond acceptors (Lipinski definition) is 3. The molecule has 0 saturated heterocycles. The summed E-state index contributed by atoms with van der Waals surface area (Å²) in [6, 6.07) is 6.60. The summed E-state index contributed by atoms with van der Waals surface area (Å²) in [6.45, 7) is 1.65. The maximum atomic E-state index is 13.1. The first-order chi connectivity index (χ1) is 11.6. The van der Waals surface area contributed by atoms with E-state index in [9.17, 15) is 14.6 Å². The first-order valence-corrected chi connectivity index (χ1v) is 7.55. The number of pyridine rings is 1. The standard InChI is InChI=1S/C19H17FN2O2/c1-2-15(20)5-3-4-13-10-21-19-16(13)8-14(11-22-19)12-6-7-17(23)18(24)9-12/h2-3,5-11,23-24H,4H2,1H3,(H,21,22). The van der Waals surface area contributed by atoms with E-state index in [0.29, 0.717) is 6.42 Å². The Morgan fingerprint density at radius 1 is 1.21 bits per heavy atom. The molecule has 4 nitrogen and oxygen atoms in total. The van der Waals surface area contributed by atoms with Crippen molar-refractivity contribution in [3.05, 3.63) is 66.3 Å². The van der Waals surface area contributed by atoms with E-state index in [0.717, 1.165) is 27.7 Å². The third kappa shape index (κ3) is 3.15. The molecule has 5 heteroatoms. The predicted octanol–water partition coefficient (Wildman–Crippen LogP) is 4.61. The molecule has 3 rings (SSSR count). The van der Waals surface area contributed by atoms with Crippen LogP contribution < -0.4 is 0 Å². The Morgan fingerprint density at radius 3 is 2.79 bits per heavy atom. The lowest BCUT2D eigenvalue weighted by Crippen LogP contribution is -1.84. The van der Waals surface area contributed by atoms with Crippen molar-refractivity contribution in [2.24, 2.45) is 0 Å². The van der Waals surface area contributed by atoms with Crippen molar-refractivity contribution in [1.82, 2.24) is 9.97 Å². The van der Waals surface area contributed by atoms with Gasteiger partial charge in [0.25, 0.3) is 0 Å². The molecular weight excluding hydrogens is 307 g/mol. The summed E-state index contributed by atoms with van der Waals surface area (Å²) in [6.07, 6.45) is 8.73. The summed E-state index contributed by atoms with van der Waals surface area (Å²) in [5, 5.41) is 20.0. The third-order valence-electron chi connectivity index (χ3n) is 3.82. The Kier molecular flexibility index (Phi) is 4.33. The highest BCUT2D eigenvalue weighted by molar-refractivity contribution is 5.85. The summed E-state index contributed by atoms with van der Waals surface area (Å²) in [7, 11) is 0. The highest BCUT2D eigenvalue weighted by atomic mass is 19.1. The molecule has 0 amide bonds. The number of hydrogen-bond donors (Lipinski definition) is 3. The normalized spacial score (nSPS) is 12.3. The molecule has 0 fully saturated rings. The number of aromatic hydroxyl groups is 2. The van der Waals surface area contributed by atoms with Crippen molar-refractivity contribution < 1.29 is 14.6 Å². The molecule has 0 spiro atoms. The second-order valence-corrected chi connectivity index (χ2v) is 5.42. The van der Waals surface area contributed by atoms with Gasteiger partial charge in [-0.05, 0) is 48.7 Å². The first-order valence-electron chi connectivity index (χ1n) is 7.55. The number of nitrogens with one attached hydrogen (secondary N) is 1. The second kappa shape index (κ2) is 6.58. The number of rotatable bonds is 4. The Bertz CT molecular complexity index is 942. The van der Waals surface area contributed by atoms with Crippen LogP contribution in [-0.4, -0.2) is 20.2 Å². The van der Waals surface area contributed by atoms with Crippen LogP contribution in [0, 0.1) is 0 Å². The van der Waals surface area contributed by atoms with Crippen molar-refractivity contribution >= 4 is 11.0 Å². The van der Waals surface area contributed by atoms with Gasteiger partial charge in [-0.3, -0.25) is 0 Å². The average Bonchev–Trinajstić information content (AvgIpc) is 2.99. The van der Waals surface area contributed by atoms with Crippen LogP contribution in [0.2, 0.25) is 0 Å². The lowest BCUT2D eigenvalue weighted by Gasteiger charge is -2.04. The SMILES string of the molecule is CC=C(F)C=CCc1c[nH]c2ncc(-c3ccc(O)c(O)c3)cc12. The van der Waals surface area contributed by atoms with Crippen LogP contribution in [0.1, 0.15) is 12.5 Å². The van der Waals surface area contributed by atoms with Gasteiger partial charge in [-0.25, -0.2) is 9.37 Å². The number of halogens is 1. The van der Waals surface area contributed by atoms with E-state index < -0.39 is 0 Å². The zero-order valence-electron chi connectivity index (χ0n) is 13.1. The van der Waals surface area contributed by atoms with Crippen molar-refractivity contribution in [1.29, 1.82) is 0 Å². The summed E-state index contributed by atoms with van der Waals surface area (Å²) in [5.74, 6) is -0.605. The van der Waals surface area contributed by atoms with Gasteiger partial charge in [-0.2, -0.15) is 0 Å². The molecule has 0 bridgehead atoms. The van der Waals surface area contributed by atoms with Crippen LogP contribution in [0.4, 0.5) is 4.39 Å². The minimum absolute atomic E-state index is 0.161. The number of fused-ring (bicyclic) bond motifs is 1. The van der Waals surface area contributed by atoms with E-state index in [2.05, 4.69) is 9.97 Å². The summed E-state index contributed by atoms with van der Waals surface area (Å²) >= 11 is 0. The molecule has 1 aromatic carbocycles. The van der Waals surface area contributed by atoms with E-state index in [1.54, 1.807) is 25.3 Å². The number of nitrogens with zero attached hydrogens (tertiary/aromatic N) is 1. The maximum absolute atomic E-state index is 13.1. The van der Waals surface area contributed by atoms with Crippen LogP contribution in [-0.2, 0) is 6.42 Å². The van der Waals surface area contributed by atoms with Crippen molar-refractivity contribution in [2.75, 3.05) is 0 Å². The molecule has 0 aliphatic rings. The monoisotopic (exact) mass is 324 g/mol. The average molecular weight is 324 g/mol. The predicted molar refractivity (Wildman–Crippen MR) is 92.6 cm³/mol. The molecule has 3 aromatic rings. The number of H-pyrrole nitrogens is 1. The van der Waals surface area contributed by atoms with Crippen molar-refractivity contribution in [2.45, 2.75) is 13.3 Å². The molecule has 0 aliphatic heterocycles. The van der Waals surface area contributed by atoms with E-state index in [1.807, 2.05) is 12.3 Å². The second-order valence-electron chi connectivity index (χ2n) is 5.42. The number of allylic oxidation sites excluding steroid dienone is 4. The number of aromatic amines is 1. The van der Waals surface area contributed by atoms with Gasteiger partial charge in [0.15, 0.2) is 11.5 Å². The highest BCUT2D eigenvalue weighted by Gasteiger charge is 2.08. The largest absolute Gasteiger partial charge is 0.504 e. The molecular formula is C19H17FN2O2. The fourth-order valence-electron chi connectivity index (χ4n) is 2.48.